The molecule has 0 amide bonds. The van der Waals surface area contributed by atoms with Gasteiger partial charge in [0.05, 0.1) is 9.40 Å². The Bertz CT molecular complexity index is 737. The molecule has 1 aliphatic heterocycles. The highest BCUT2D eigenvalue weighted by atomic mass is 79.9. The molecule has 0 radical (unpaired) electrons. The molecule has 1 atom stereocenters. The number of halogens is 1. The van der Waals surface area contributed by atoms with E-state index >= 15 is 0 Å². The Hall–Kier alpha value is -2.08. The molecule has 6 heteroatoms. The van der Waals surface area contributed by atoms with Gasteiger partial charge in [-0.15, -0.1) is 0 Å². The van der Waals surface area contributed by atoms with Crippen LogP contribution in [0.15, 0.2) is 46.9 Å². The summed E-state index contributed by atoms with van der Waals surface area (Å²) in [5, 5.41) is 11.5. The Morgan fingerprint density at radius 1 is 1.25 bits per heavy atom. The van der Waals surface area contributed by atoms with Gasteiger partial charge in [0.15, 0.2) is 0 Å². The summed E-state index contributed by atoms with van der Waals surface area (Å²) in [5.41, 5.74) is 0.719. The third kappa shape index (κ3) is 3.53. The summed E-state index contributed by atoms with van der Waals surface area (Å²) in [5.74, 6) is 1.80. The summed E-state index contributed by atoms with van der Waals surface area (Å²) in [6.07, 6.45) is 2.19. The van der Waals surface area contributed by atoms with Crippen molar-refractivity contribution in [1.29, 1.82) is 0 Å². The van der Waals surface area contributed by atoms with E-state index in [1.54, 1.807) is 6.07 Å². The van der Waals surface area contributed by atoms with Gasteiger partial charge in [0.25, 0.3) is 5.69 Å². The fourth-order valence-corrected chi connectivity index (χ4v) is 3.74. The van der Waals surface area contributed by atoms with Gasteiger partial charge in [-0.25, -0.2) is 0 Å². The number of benzene rings is 2. The number of hydrogen-bond acceptors (Lipinski definition) is 4. The maximum Gasteiger partial charge on any atom is 0.293 e. The molecule has 1 fully saturated rings. The van der Waals surface area contributed by atoms with E-state index in [9.17, 15) is 10.1 Å². The Labute approximate surface area is 149 Å². The second kappa shape index (κ2) is 7.21. The quantitative estimate of drug-likeness (QED) is 0.518. The Kier molecular flexibility index (Phi) is 5.04. The monoisotopic (exact) mass is 390 g/mol. The molecule has 0 bridgehead atoms. The fraction of sp³-hybridized carbons (Fsp3) is 0.333. The molecule has 3 rings (SSSR count). The molecule has 24 heavy (non-hydrogen) atoms. The third-order valence-electron chi connectivity index (χ3n) is 4.20. The first-order valence-electron chi connectivity index (χ1n) is 8.01. The standard InChI is InChI=1S/C18H19BrN2O3/c1-13-6-5-11-20(12-13)18-15(21(22)23)9-10-16(17(18)19)24-14-7-3-2-4-8-14/h2-4,7-10,13H,5-6,11-12H2,1H3/t13-/m0/s1. The van der Waals surface area contributed by atoms with Crippen LogP contribution in [0.1, 0.15) is 19.8 Å². The highest BCUT2D eigenvalue weighted by Gasteiger charge is 2.28. The molecule has 0 saturated carbocycles. The molecule has 0 aliphatic carbocycles. The maximum absolute atomic E-state index is 11.5. The van der Waals surface area contributed by atoms with Gasteiger partial charge in [-0.3, -0.25) is 10.1 Å². The van der Waals surface area contributed by atoms with E-state index < -0.39 is 0 Å². The number of anilines is 1. The second-order valence-electron chi connectivity index (χ2n) is 6.11. The number of rotatable bonds is 4. The summed E-state index contributed by atoms with van der Waals surface area (Å²) in [6, 6.07) is 12.6. The van der Waals surface area contributed by atoms with Gasteiger partial charge in [-0.1, -0.05) is 25.1 Å². The van der Waals surface area contributed by atoms with Crippen molar-refractivity contribution in [3.63, 3.8) is 0 Å². The van der Waals surface area contributed by atoms with Gasteiger partial charge in [-0.05, 0) is 52.9 Å². The van der Waals surface area contributed by atoms with Crippen molar-refractivity contribution in [3.8, 4) is 11.5 Å². The van der Waals surface area contributed by atoms with E-state index in [2.05, 4.69) is 27.8 Å². The van der Waals surface area contributed by atoms with Crippen LogP contribution >= 0.6 is 15.9 Å². The Morgan fingerprint density at radius 3 is 2.67 bits per heavy atom. The first-order valence-corrected chi connectivity index (χ1v) is 8.80. The molecule has 0 N–H and O–H groups in total. The molecular formula is C18H19BrN2O3. The van der Waals surface area contributed by atoms with Crippen LogP contribution in [0.25, 0.3) is 0 Å². The van der Waals surface area contributed by atoms with Crippen molar-refractivity contribution in [1.82, 2.24) is 0 Å². The van der Waals surface area contributed by atoms with E-state index in [0.29, 0.717) is 27.6 Å². The van der Waals surface area contributed by atoms with Crippen molar-refractivity contribution >= 4 is 27.3 Å². The van der Waals surface area contributed by atoms with Crippen LogP contribution in [-0.4, -0.2) is 18.0 Å². The van der Waals surface area contributed by atoms with Crippen LogP contribution in [0.3, 0.4) is 0 Å². The summed E-state index contributed by atoms with van der Waals surface area (Å²) >= 11 is 3.54. The number of piperidine rings is 1. The zero-order chi connectivity index (χ0) is 17.1. The minimum atomic E-state index is -0.328. The number of nitro groups is 1. The van der Waals surface area contributed by atoms with Crippen LogP contribution in [0.2, 0.25) is 0 Å². The van der Waals surface area contributed by atoms with Crippen molar-refractivity contribution < 1.29 is 9.66 Å². The average molecular weight is 391 g/mol. The van der Waals surface area contributed by atoms with Crippen molar-refractivity contribution in [3.05, 3.63) is 57.1 Å². The van der Waals surface area contributed by atoms with Gasteiger partial charge in [0, 0.05) is 19.2 Å². The number of ether oxygens (including phenoxy) is 1. The number of nitro benzene ring substituents is 1. The lowest BCUT2D eigenvalue weighted by atomic mass is 9.99. The van der Waals surface area contributed by atoms with Gasteiger partial charge in [0.2, 0.25) is 0 Å². The van der Waals surface area contributed by atoms with Crippen molar-refractivity contribution in [2.75, 3.05) is 18.0 Å². The zero-order valence-electron chi connectivity index (χ0n) is 13.4. The molecule has 1 aliphatic rings. The van der Waals surface area contributed by atoms with Crippen LogP contribution in [0.4, 0.5) is 11.4 Å². The van der Waals surface area contributed by atoms with Crippen LogP contribution in [0, 0.1) is 16.0 Å². The van der Waals surface area contributed by atoms with E-state index in [-0.39, 0.29) is 10.6 Å². The molecule has 2 aromatic rings. The fourth-order valence-electron chi connectivity index (χ4n) is 3.07. The number of hydrogen-bond donors (Lipinski definition) is 0. The van der Waals surface area contributed by atoms with E-state index in [0.717, 1.165) is 25.9 Å². The van der Waals surface area contributed by atoms with Gasteiger partial charge < -0.3 is 9.64 Å². The highest BCUT2D eigenvalue weighted by molar-refractivity contribution is 9.10. The maximum atomic E-state index is 11.5. The molecule has 0 spiro atoms. The third-order valence-corrected chi connectivity index (χ3v) is 4.97. The largest absolute Gasteiger partial charge is 0.456 e. The minimum Gasteiger partial charge on any atom is -0.456 e. The first-order chi connectivity index (χ1) is 11.6. The van der Waals surface area contributed by atoms with Crippen molar-refractivity contribution in [2.45, 2.75) is 19.8 Å². The van der Waals surface area contributed by atoms with Gasteiger partial charge in [0.1, 0.15) is 17.2 Å². The lowest BCUT2D eigenvalue weighted by Gasteiger charge is -2.33. The van der Waals surface area contributed by atoms with Gasteiger partial charge >= 0.3 is 0 Å². The molecule has 2 aromatic carbocycles. The lowest BCUT2D eigenvalue weighted by Crippen LogP contribution is -2.34. The smallest absolute Gasteiger partial charge is 0.293 e. The Morgan fingerprint density at radius 2 is 2.00 bits per heavy atom. The summed E-state index contributed by atoms with van der Waals surface area (Å²) in [7, 11) is 0. The summed E-state index contributed by atoms with van der Waals surface area (Å²) < 4.78 is 6.54. The Balaban J connectivity index is 2.00. The topological polar surface area (TPSA) is 55.6 Å². The molecule has 1 heterocycles. The predicted molar refractivity (Wildman–Crippen MR) is 97.9 cm³/mol. The summed E-state index contributed by atoms with van der Waals surface area (Å²) in [6.45, 7) is 3.81. The van der Waals surface area contributed by atoms with Crippen molar-refractivity contribution in [2.24, 2.45) is 5.92 Å². The van der Waals surface area contributed by atoms with Crippen LogP contribution in [0.5, 0.6) is 11.5 Å². The van der Waals surface area contributed by atoms with E-state index in [1.807, 2.05) is 30.3 Å². The molecule has 126 valence electrons. The molecule has 0 unspecified atom stereocenters. The van der Waals surface area contributed by atoms with E-state index in [1.165, 1.54) is 6.07 Å². The molecule has 0 aromatic heterocycles. The molecule has 5 nitrogen and oxygen atoms in total. The number of nitrogens with zero attached hydrogens (tertiary/aromatic N) is 2. The highest BCUT2D eigenvalue weighted by Crippen LogP contribution is 2.44. The predicted octanol–water partition coefficient (Wildman–Crippen LogP) is 5.39. The first kappa shape index (κ1) is 16.8. The minimum absolute atomic E-state index is 0.108. The van der Waals surface area contributed by atoms with Gasteiger partial charge in [-0.2, -0.15) is 0 Å². The zero-order valence-corrected chi connectivity index (χ0v) is 15.0. The average Bonchev–Trinajstić information content (AvgIpc) is 2.57. The normalized spacial score (nSPS) is 17.6. The molecular weight excluding hydrogens is 372 g/mol. The lowest BCUT2D eigenvalue weighted by molar-refractivity contribution is -0.384. The van der Waals surface area contributed by atoms with E-state index in [4.69, 9.17) is 4.74 Å². The summed E-state index contributed by atoms with van der Waals surface area (Å²) in [4.78, 5) is 13.2. The van der Waals surface area contributed by atoms with Crippen LogP contribution in [-0.2, 0) is 0 Å². The van der Waals surface area contributed by atoms with Crippen LogP contribution < -0.4 is 9.64 Å². The SMILES string of the molecule is C[C@H]1CCCN(c2c([N+](=O)[O-])ccc(Oc3ccccc3)c2Br)C1. The number of para-hydroxylation sites is 1. The molecule has 1 saturated heterocycles. The second-order valence-corrected chi connectivity index (χ2v) is 6.90.